The van der Waals surface area contributed by atoms with Crippen LogP contribution in [0.3, 0.4) is 0 Å². The Kier molecular flexibility index (Phi) is 1.66. The lowest BCUT2D eigenvalue weighted by Gasteiger charge is -2.00. The third-order valence-corrected chi connectivity index (χ3v) is 1.66. The maximum absolute atomic E-state index is 9.18. The largest absolute Gasteiger partial charge is 0.508 e. The molecule has 0 aliphatic rings. The molecule has 0 radical (unpaired) electrons. The van der Waals surface area contributed by atoms with Crippen molar-refractivity contribution < 1.29 is 10.2 Å². The summed E-state index contributed by atoms with van der Waals surface area (Å²) in [6.07, 6.45) is 2.80. The van der Waals surface area contributed by atoms with E-state index in [4.69, 9.17) is 5.11 Å². The van der Waals surface area contributed by atoms with Crippen LogP contribution < -0.4 is 0 Å². The predicted octanol–water partition coefficient (Wildman–Crippen LogP) is 1.28. The lowest BCUT2D eigenvalue weighted by Crippen LogP contribution is -1.92. The number of hydrogen-bond donors (Lipinski definition) is 2. The molecule has 13 heavy (non-hydrogen) atoms. The first-order valence-electron chi connectivity index (χ1n) is 3.79. The van der Waals surface area contributed by atoms with Crippen molar-refractivity contribution in [3.05, 3.63) is 36.7 Å². The second-order valence-corrected chi connectivity index (χ2v) is 2.66. The van der Waals surface area contributed by atoms with Crippen molar-refractivity contribution in [2.24, 2.45) is 0 Å². The summed E-state index contributed by atoms with van der Waals surface area (Å²) in [5, 5.41) is 22.1. The first-order valence-corrected chi connectivity index (χ1v) is 3.79. The number of aromatic nitrogens is 2. The zero-order chi connectivity index (χ0) is 9.26. The molecule has 0 amide bonds. The first kappa shape index (κ1) is 7.67. The Morgan fingerprint density at radius 3 is 2.62 bits per heavy atom. The van der Waals surface area contributed by atoms with Gasteiger partial charge in [-0.3, -0.25) is 0 Å². The summed E-state index contributed by atoms with van der Waals surface area (Å²) in [6, 6.07) is 6.63. The fourth-order valence-electron chi connectivity index (χ4n) is 1.09. The van der Waals surface area contributed by atoms with Gasteiger partial charge in [-0.05, 0) is 12.1 Å². The molecule has 0 unspecified atom stereocenters. The van der Waals surface area contributed by atoms with E-state index >= 15 is 0 Å². The molecule has 0 saturated heterocycles. The highest BCUT2D eigenvalue weighted by atomic mass is 16.3. The van der Waals surface area contributed by atoms with Gasteiger partial charge in [0.15, 0.2) is 5.75 Å². The van der Waals surface area contributed by atoms with Gasteiger partial charge in [0.1, 0.15) is 5.75 Å². The van der Waals surface area contributed by atoms with Gasteiger partial charge in [-0.1, -0.05) is 6.07 Å². The zero-order valence-corrected chi connectivity index (χ0v) is 6.75. The van der Waals surface area contributed by atoms with Crippen molar-refractivity contribution in [2.75, 3.05) is 0 Å². The van der Waals surface area contributed by atoms with E-state index in [2.05, 4.69) is 5.10 Å². The van der Waals surface area contributed by atoms with Crippen molar-refractivity contribution >= 4 is 0 Å². The Balaban J connectivity index is 2.46. The molecule has 0 aliphatic carbocycles. The van der Waals surface area contributed by atoms with Crippen LogP contribution in [0.5, 0.6) is 11.5 Å². The van der Waals surface area contributed by atoms with Gasteiger partial charge < -0.3 is 10.2 Å². The minimum atomic E-state index is 0.100. The van der Waals surface area contributed by atoms with Crippen LogP contribution in [0.2, 0.25) is 0 Å². The molecule has 0 spiro atoms. The Hall–Kier alpha value is -1.97. The number of rotatable bonds is 1. The summed E-state index contributed by atoms with van der Waals surface area (Å²) < 4.78 is 1.48. The SMILES string of the molecule is Oc1cccc(-n2cc(O)cn2)c1. The molecule has 4 nitrogen and oxygen atoms in total. The van der Waals surface area contributed by atoms with Crippen LogP contribution in [0.25, 0.3) is 5.69 Å². The Morgan fingerprint density at radius 1 is 1.15 bits per heavy atom. The quantitative estimate of drug-likeness (QED) is 0.688. The average Bonchev–Trinajstić information content (AvgIpc) is 2.52. The van der Waals surface area contributed by atoms with E-state index in [0.717, 1.165) is 0 Å². The highest BCUT2D eigenvalue weighted by molar-refractivity contribution is 5.38. The highest BCUT2D eigenvalue weighted by Gasteiger charge is 1.99. The minimum Gasteiger partial charge on any atom is -0.508 e. The molecule has 4 heteroatoms. The van der Waals surface area contributed by atoms with Crippen LogP contribution in [0.15, 0.2) is 36.7 Å². The van der Waals surface area contributed by atoms with E-state index in [9.17, 15) is 5.11 Å². The number of hydrogen-bond acceptors (Lipinski definition) is 3. The van der Waals surface area contributed by atoms with Crippen molar-refractivity contribution in [1.29, 1.82) is 0 Å². The van der Waals surface area contributed by atoms with E-state index in [0.29, 0.717) is 5.69 Å². The molecule has 2 aromatic rings. The Morgan fingerprint density at radius 2 is 2.00 bits per heavy atom. The highest BCUT2D eigenvalue weighted by Crippen LogP contribution is 2.16. The zero-order valence-electron chi connectivity index (χ0n) is 6.75. The average molecular weight is 176 g/mol. The normalized spacial score (nSPS) is 10.2. The van der Waals surface area contributed by atoms with Gasteiger partial charge in [-0.2, -0.15) is 5.10 Å². The number of phenolic OH excluding ortho intramolecular Hbond substituents is 1. The van der Waals surface area contributed by atoms with Gasteiger partial charge in [0, 0.05) is 6.07 Å². The maximum Gasteiger partial charge on any atom is 0.153 e. The number of aromatic hydroxyl groups is 2. The van der Waals surface area contributed by atoms with Crippen molar-refractivity contribution in [2.45, 2.75) is 0 Å². The van der Waals surface area contributed by atoms with Gasteiger partial charge in [0.2, 0.25) is 0 Å². The van der Waals surface area contributed by atoms with Gasteiger partial charge >= 0.3 is 0 Å². The van der Waals surface area contributed by atoms with Crippen molar-refractivity contribution in [3.8, 4) is 17.2 Å². The van der Waals surface area contributed by atoms with Crippen molar-refractivity contribution in [1.82, 2.24) is 9.78 Å². The molecule has 0 bridgehead atoms. The molecular formula is C9H8N2O2. The number of benzene rings is 1. The van der Waals surface area contributed by atoms with E-state index in [-0.39, 0.29) is 11.5 Å². The van der Waals surface area contributed by atoms with E-state index in [1.165, 1.54) is 17.1 Å². The molecule has 0 aliphatic heterocycles. The maximum atomic E-state index is 9.18. The summed E-state index contributed by atoms with van der Waals surface area (Å²) in [6.45, 7) is 0. The van der Waals surface area contributed by atoms with Crippen LogP contribution in [0.1, 0.15) is 0 Å². The lowest BCUT2D eigenvalue weighted by atomic mass is 10.3. The summed E-state index contributed by atoms with van der Waals surface area (Å²) in [4.78, 5) is 0. The lowest BCUT2D eigenvalue weighted by molar-refractivity contribution is 0.473. The molecule has 66 valence electrons. The van der Waals surface area contributed by atoms with Crippen LogP contribution in [-0.4, -0.2) is 20.0 Å². The summed E-state index contributed by atoms with van der Waals surface area (Å²) >= 11 is 0. The molecular weight excluding hydrogens is 168 g/mol. The first-order chi connectivity index (χ1) is 6.25. The Labute approximate surface area is 74.7 Å². The third-order valence-electron chi connectivity index (χ3n) is 1.66. The molecule has 0 saturated carbocycles. The van der Waals surface area contributed by atoms with E-state index < -0.39 is 0 Å². The topological polar surface area (TPSA) is 58.3 Å². The second kappa shape index (κ2) is 2.82. The minimum absolute atomic E-state index is 0.100. The van der Waals surface area contributed by atoms with Gasteiger partial charge in [0.25, 0.3) is 0 Å². The van der Waals surface area contributed by atoms with E-state index in [1.54, 1.807) is 24.3 Å². The summed E-state index contributed by atoms with van der Waals surface area (Å²) in [5.41, 5.74) is 0.709. The van der Waals surface area contributed by atoms with Gasteiger partial charge in [-0.15, -0.1) is 0 Å². The fraction of sp³-hybridized carbons (Fsp3) is 0. The number of nitrogens with zero attached hydrogens (tertiary/aromatic N) is 2. The monoisotopic (exact) mass is 176 g/mol. The van der Waals surface area contributed by atoms with Gasteiger partial charge in [-0.25, -0.2) is 4.68 Å². The van der Waals surface area contributed by atoms with Crippen LogP contribution in [-0.2, 0) is 0 Å². The van der Waals surface area contributed by atoms with Crippen LogP contribution >= 0.6 is 0 Å². The standard InChI is InChI=1S/C9H8N2O2/c12-8-3-1-2-7(4-8)11-6-9(13)5-10-11/h1-6,12-13H. The Bertz CT molecular complexity index is 423. The molecule has 0 fully saturated rings. The molecule has 2 N–H and O–H groups in total. The fourth-order valence-corrected chi connectivity index (χ4v) is 1.09. The van der Waals surface area contributed by atoms with Crippen LogP contribution in [0.4, 0.5) is 0 Å². The smallest absolute Gasteiger partial charge is 0.153 e. The molecule has 1 aromatic carbocycles. The number of phenols is 1. The molecule has 2 rings (SSSR count). The van der Waals surface area contributed by atoms with Crippen LogP contribution in [0, 0.1) is 0 Å². The molecule has 1 heterocycles. The predicted molar refractivity (Wildman–Crippen MR) is 46.9 cm³/mol. The molecule has 0 atom stereocenters. The molecule has 1 aromatic heterocycles. The van der Waals surface area contributed by atoms with E-state index in [1.807, 2.05) is 0 Å². The summed E-state index contributed by atoms with van der Waals surface area (Å²) in [7, 11) is 0. The third kappa shape index (κ3) is 1.46. The van der Waals surface area contributed by atoms with Crippen molar-refractivity contribution in [3.63, 3.8) is 0 Å². The second-order valence-electron chi connectivity index (χ2n) is 2.66. The summed E-state index contributed by atoms with van der Waals surface area (Å²) in [5.74, 6) is 0.274. The van der Waals surface area contributed by atoms with Gasteiger partial charge in [0.05, 0.1) is 18.1 Å².